The Balaban J connectivity index is 1.75. The van der Waals surface area contributed by atoms with Crippen LogP contribution in [0.15, 0.2) is 60.0 Å². The molecule has 0 aliphatic heterocycles. The van der Waals surface area contributed by atoms with Gasteiger partial charge in [-0.3, -0.25) is 4.79 Å². The molecule has 2 aromatic carbocycles. The second kappa shape index (κ2) is 9.57. The van der Waals surface area contributed by atoms with Gasteiger partial charge in [-0.25, -0.2) is 9.37 Å². The van der Waals surface area contributed by atoms with Gasteiger partial charge in [-0.2, -0.15) is 0 Å². The summed E-state index contributed by atoms with van der Waals surface area (Å²) >= 11 is 1.48. The number of aromatic nitrogens is 1. The third-order valence-corrected chi connectivity index (χ3v) is 5.24. The van der Waals surface area contributed by atoms with E-state index in [1.165, 1.54) is 17.4 Å². The molecule has 0 saturated carbocycles. The van der Waals surface area contributed by atoms with Gasteiger partial charge in [0.05, 0.1) is 5.01 Å². The molecule has 146 valence electrons. The first kappa shape index (κ1) is 20.2. The van der Waals surface area contributed by atoms with Crippen molar-refractivity contribution < 1.29 is 9.18 Å². The summed E-state index contributed by atoms with van der Waals surface area (Å²) < 4.78 is 14.1. The molecule has 0 fully saturated rings. The lowest BCUT2D eigenvalue weighted by molar-refractivity contribution is 0.0725. The average Bonchev–Trinajstić information content (AvgIpc) is 3.15. The Labute approximate surface area is 169 Å². The molecular weight excluding hydrogens is 373 g/mol. The average molecular weight is 398 g/mol. The molecule has 0 N–H and O–H groups in total. The molecule has 4 nitrogen and oxygen atoms in total. The van der Waals surface area contributed by atoms with Gasteiger partial charge < -0.3 is 9.80 Å². The monoisotopic (exact) mass is 397 g/mol. The van der Waals surface area contributed by atoms with Crippen LogP contribution >= 0.6 is 11.3 Å². The highest BCUT2D eigenvalue weighted by molar-refractivity contribution is 7.09. The van der Waals surface area contributed by atoms with Gasteiger partial charge in [0.1, 0.15) is 11.5 Å². The van der Waals surface area contributed by atoms with Crippen molar-refractivity contribution in [2.75, 3.05) is 27.2 Å². The minimum absolute atomic E-state index is 0.166. The molecule has 0 unspecified atom stereocenters. The number of halogens is 1. The van der Waals surface area contributed by atoms with Crippen molar-refractivity contribution in [2.45, 2.75) is 13.0 Å². The van der Waals surface area contributed by atoms with Crippen LogP contribution in [0.5, 0.6) is 0 Å². The molecule has 1 amide bonds. The van der Waals surface area contributed by atoms with Crippen LogP contribution in [0.3, 0.4) is 0 Å². The maximum absolute atomic E-state index is 14.1. The zero-order valence-corrected chi connectivity index (χ0v) is 17.0. The molecule has 3 aromatic rings. The third-order valence-electron chi connectivity index (χ3n) is 4.39. The van der Waals surface area contributed by atoms with Gasteiger partial charge in [0.25, 0.3) is 5.91 Å². The van der Waals surface area contributed by atoms with Gasteiger partial charge in [0, 0.05) is 37.0 Å². The zero-order chi connectivity index (χ0) is 19.9. The van der Waals surface area contributed by atoms with E-state index < -0.39 is 0 Å². The molecule has 0 aliphatic rings. The van der Waals surface area contributed by atoms with Crippen LogP contribution in [-0.4, -0.2) is 47.9 Å². The van der Waals surface area contributed by atoms with Crippen molar-refractivity contribution in [1.82, 2.24) is 14.8 Å². The van der Waals surface area contributed by atoms with Crippen molar-refractivity contribution in [3.8, 4) is 0 Å². The number of carbonyl (C=O) groups is 1. The van der Waals surface area contributed by atoms with E-state index in [1.807, 2.05) is 49.3 Å². The molecule has 6 heteroatoms. The summed E-state index contributed by atoms with van der Waals surface area (Å²) in [4.78, 5) is 21.3. The van der Waals surface area contributed by atoms with Gasteiger partial charge in [-0.05, 0) is 25.7 Å². The van der Waals surface area contributed by atoms with E-state index >= 15 is 0 Å². The minimum atomic E-state index is -0.298. The summed E-state index contributed by atoms with van der Waals surface area (Å²) in [6.45, 7) is 1.43. The second-order valence-electron chi connectivity index (χ2n) is 6.91. The van der Waals surface area contributed by atoms with Gasteiger partial charge in [0.15, 0.2) is 0 Å². The highest BCUT2D eigenvalue weighted by Crippen LogP contribution is 2.18. The molecule has 1 heterocycles. The fraction of sp³-hybridized carbons (Fsp3) is 0.273. The van der Waals surface area contributed by atoms with E-state index in [-0.39, 0.29) is 18.3 Å². The Bertz CT molecular complexity index is 911. The van der Waals surface area contributed by atoms with E-state index in [9.17, 15) is 9.18 Å². The van der Waals surface area contributed by atoms with Crippen molar-refractivity contribution in [3.63, 3.8) is 0 Å². The van der Waals surface area contributed by atoms with Gasteiger partial charge in [-0.1, -0.05) is 48.5 Å². The summed E-state index contributed by atoms with van der Waals surface area (Å²) in [5, 5.41) is 2.69. The Hall–Kier alpha value is -2.57. The second-order valence-corrected chi connectivity index (χ2v) is 7.85. The molecule has 0 bridgehead atoms. The molecule has 1 aromatic heterocycles. The first-order valence-electron chi connectivity index (χ1n) is 9.18. The van der Waals surface area contributed by atoms with Crippen LogP contribution < -0.4 is 0 Å². The van der Waals surface area contributed by atoms with Crippen molar-refractivity contribution >= 4 is 17.2 Å². The van der Waals surface area contributed by atoms with Crippen LogP contribution in [0.4, 0.5) is 4.39 Å². The van der Waals surface area contributed by atoms with Crippen LogP contribution in [0.1, 0.15) is 26.6 Å². The summed E-state index contributed by atoms with van der Waals surface area (Å²) in [5.41, 5.74) is 2.09. The molecule has 0 saturated heterocycles. The normalized spacial score (nSPS) is 11.0. The van der Waals surface area contributed by atoms with Crippen LogP contribution in [0, 0.1) is 5.82 Å². The first-order chi connectivity index (χ1) is 13.5. The number of benzene rings is 2. The Morgan fingerprint density at radius 2 is 1.75 bits per heavy atom. The highest BCUT2D eigenvalue weighted by Gasteiger charge is 2.20. The van der Waals surface area contributed by atoms with E-state index in [1.54, 1.807) is 28.5 Å². The van der Waals surface area contributed by atoms with Crippen molar-refractivity contribution in [3.05, 3.63) is 87.6 Å². The maximum Gasteiger partial charge on any atom is 0.273 e. The minimum Gasteiger partial charge on any atom is -0.332 e. The third kappa shape index (κ3) is 5.47. The fourth-order valence-corrected chi connectivity index (χ4v) is 3.63. The smallest absolute Gasteiger partial charge is 0.273 e. The van der Waals surface area contributed by atoms with Gasteiger partial charge in [0.2, 0.25) is 0 Å². The summed E-state index contributed by atoms with van der Waals surface area (Å²) in [7, 11) is 3.90. The standard InChI is InChI=1S/C22H24FN3OS/c1-25(2)12-13-26(15-18-10-6-7-11-19(18)23)22(27)20-16-28-21(24-20)14-17-8-4-3-5-9-17/h3-11,16H,12-15H2,1-2H3. The van der Waals surface area contributed by atoms with Crippen LogP contribution in [-0.2, 0) is 13.0 Å². The van der Waals surface area contributed by atoms with Gasteiger partial charge >= 0.3 is 0 Å². The molecule has 0 radical (unpaired) electrons. The number of nitrogens with zero attached hydrogens (tertiary/aromatic N) is 3. The topological polar surface area (TPSA) is 36.4 Å². The number of rotatable bonds is 8. The lowest BCUT2D eigenvalue weighted by Crippen LogP contribution is -2.36. The predicted molar refractivity (Wildman–Crippen MR) is 111 cm³/mol. The number of hydrogen-bond acceptors (Lipinski definition) is 4. The van der Waals surface area contributed by atoms with Crippen molar-refractivity contribution in [2.24, 2.45) is 0 Å². The first-order valence-corrected chi connectivity index (χ1v) is 10.1. The zero-order valence-electron chi connectivity index (χ0n) is 16.1. The largest absolute Gasteiger partial charge is 0.332 e. The molecule has 0 spiro atoms. The summed E-state index contributed by atoms with van der Waals surface area (Å²) in [6.07, 6.45) is 0.698. The number of amides is 1. The molecule has 0 aliphatic carbocycles. The molecular formula is C22H24FN3OS. The van der Waals surface area contributed by atoms with E-state index in [4.69, 9.17) is 0 Å². The molecule has 28 heavy (non-hydrogen) atoms. The predicted octanol–water partition coefficient (Wildman–Crippen LogP) is 4.08. The summed E-state index contributed by atoms with van der Waals surface area (Å²) in [6, 6.07) is 16.6. The highest BCUT2D eigenvalue weighted by atomic mass is 32.1. The van der Waals surface area contributed by atoms with Crippen LogP contribution in [0.2, 0.25) is 0 Å². The quantitative estimate of drug-likeness (QED) is 0.575. The van der Waals surface area contributed by atoms with E-state index in [0.29, 0.717) is 30.8 Å². The SMILES string of the molecule is CN(C)CCN(Cc1ccccc1F)C(=O)c1csc(Cc2ccccc2)n1. The molecule has 0 atom stereocenters. The lowest BCUT2D eigenvalue weighted by Gasteiger charge is -2.24. The fourth-order valence-electron chi connectivity index (χ4n) is 2.83. The number of hydrogen-bond donors (Lipinski definition) is 0. The maximum atomic E-state index is 14.1. The summed E-state index contributed by atoms with van der Waals surface area (Å²) in [5.74, 6) is -0.464. The van der Waals surface area contributed by atoms with Crippen LogP contribution in [0.25, 0.3) is 0 Å². The van der Waals surface area contributed by atoms with E-state index in [0.717, 1.165) is 10.6 Å². The number of thiazole rings is 1. The number of carbonyl (C=O) groups excluding carboxylic acids is 1. The Morgan fingerprint density at radius 1 is 1.04 bits per heavy atom. The Kier molecular flexibility index (Phi) is 6.90. The molecule has 3 rings (SSSR count). The Morgan fingerprint density at radius 3 is 2.46 bits per heavy atom. The van der Waals surface area contributed by atoms with E-state index in [2.05, 4.69) is 4.98 Å². The van der Waals surface area contributed by atoms with Crippen molar-refractivity contribution in [1.29, 1.82) is 0 Å². The lowest BCUT2D eigenvalue weighted by atomic mass is 10.2. The number of likely N-dealkylation sites (N-methyl/N-ethyl adjacent to an activating group) is 1. The van der Waals surface area contributed by atoms with Gasteiger partial charge in [-0.15, -0.1) is 11.3 Å².